The van der Waals surface area contributed by atoms with E-state index in [0.717, 1.165) is 33.3 Å². The number of nitrogens with zero attached hydrogens (tertiary/aromatic N) is 1. The lowest BCUT2D eigenvalue weighted by molar-refractivity contribution is 1.38. The monoisotopic (exact) mass is 260 g/mol. The van der Waals surface area contributed by atoms with E-state index in [0.29, 0.717) is 11.7 Å². The predicted octanol–water partition coefficient (Wildman–Crippen LogP) is 2.93. The summed E-state index contributed by atoms with van der Waals surface area (Å²) in [4.78, 5) is 7.61. The summed E-state index contributed by atoms with van der Waals surface area (Å²) in [6.07, 6.45) is 0. The fraction of sp³-hybridized carbons (Fsp3) is 0. The molecule has 0 aliphatic carbocycles. The number of nitrogens with one attached hydrogen (secondary N) is 2. The lowest BCUT2D eigenvalue weighted by Gasteiger charge is -2.01. The maximum atomic E-state index is 7.99. The molecule has 1 aliphatic rings. The molecular weight excluding hydrogens is 248 g/mol. The van der Waals surface area contributed by atoms with Crippen LogP contribution in [0.4, 0.5) is 5.82 Å². The SMILES string of the molecule is N=C1N=C(c2[nH]c(N)c3ccccc23)c2ccccc21. The number of rotatable bonds is 1. The highest BCUT2D eigenvalue weighted by atomic mass is 14.9. The number of nitrogens with two attached hydrogens (primary N) is 1. The minimum absolute atomic E-state index is 0.299. The summed E-state index contributed by atoms with van der Waals surface area (Å²) < 4.78 is 0. The first-order valence-electron chi connectivity index (χ1n) is 6.39. The molecule has 0 bridgehead atoms. The molecule has 4 N–H and O–H groups in total. The molecule has 0 radical (unpaired) electrons. The van der Waals surface area contributed by atoms with Gasteiger partial charge in [0.15, 0.2) is 5.84 Å². The third kappa shape index (κ3) is 1.36. The van der Waals surface area contributed by atoms with Crippen LogP contribution in [0, 0.1) is 5.41 Å². The van der Waals surface area contributed by atoms with Gasteiger partial charge >= 0.3 is 0 Å². The average Bonchev–Trinajstić information content (AvgIpc) is 2.99. The number of hydrogen-bond acceptors (Lipinski definition) is 2. The van der Waals surface area contributed by atoms with Crippen LogP contribution in [-0.2, 0) is 0 Å². The van der Waals surface area contributed by atoms with Crippen LogP contribution in [0.25, 0.3) is 10.8 Å². The Hall–Kier alpha value is -2.88. The molecule has 20 heavy (non-hydrogen) atoms. The van der Waals surface area contributed by atoms with Gasteiger partial charge in [-0.05, 0) is 0 Å². The Labute approximate surface area is 115 Å². The second-order valence-electron chi connectivity index (χ2n) is 4.81. The standard InChI is InChI=1S/C16H12N4/c17-15-11-7-3-1-5-9(11)13(19-15)14-10-6-2-4-8-12(10)16(18)20-14/h1-8,17,20H,18H2. The van der Waals surface area contributed by atoms with Crippen LogP contribution < -0.4 is 5.73 Å². The van der Waals surface area contributed by atoms with E-state index in [1.54, 1.807) is 0 Å². The minimum atomic E-state index is 0.299. The molecule has 2 heterocycles. The van der Waals surface area contributed by atoms with Gasteiger partial charge in [0, 0.05) is 21.9 Å². The van der Waals surface area contributed by atoms with Gasteiger partial charge in [-0.1, -0.05) is 48.5 Å². The van der Waals surface area contributed by atoms with Crippen LogP contribution in [0.15, 0.2) is 53.5 Å². The van der Waals surface area contributed by atoms with Gasteiger partial charge in [0.2, 0.25) is 0 Å². The molecule has 0 spiro atoms. The molecule has 4 rings (SSSR count). The lowest BCUT2D eigenvalue weighted by atomic mass is 10.0. The second-order valence-corrected chi connectivity index (χ2v) is 4.81. The number of H-pyrrole nitrogens is 1. The minimum Gasteiger partial charge on any atom is -0.385 e. The molecule has 0 fully saturated rings. The maximum Gasteiger partial charge on any atom is 0.153 e. The van der Waals surface area contributed by atoms with Crippen LogP contribution in [0.5, 0.6) is 0 Å². The van der Waals surface area contributed by atoms with E-state index in [1.807, 2.05) is 48.5 Å². The van der Waals surface area contributed by atoms with Gasteiger partial charge in [-0.2, -0.15) is 0 Å². The van der Waals surface area contributed by atoms with Crippen molar-refractivity contribution in [3.05, 3.63) is 65.4 Å². The normalized spacial score (nSPS) is 13.6. The molecule has 0 atom stereocenters. The fourth-order valence-corrected chi connectivity index (χ4v) is 2.71. The third-order valence-electron chi connectivity index (χ3n) is 3.64. The highest BCUT2D eigenvalue weighted by Crippen LogP contribution is 2.30. The molecular formula is C16H12N4. The highest BCUT2D eigenvalue weighted by molar-refractivity contribution is 6.31. The molecule has 96 valence electrons. The Morgan fingerprint density at radius 1 is 0.900 bits per heavy atom. The van der Waals surface area contributed by atoms with Crippen LogP contribution >= 0.6 is 0 Å². The molecule has 1 aromatic heterocycles. The van der Waals surface area contributed by atoms with Crippen molar-refractivity contribution in [3.63, 3.8) is 0 Å². The van der Waals surface area contributed by atoms with Crippen molar-refractivity contribution in [2.75, 3.05) is 5.73 Å². The largest absolute Gasteiger partial charge is 0.385 e. The van der Waals surface area contributed by atoms with Crippen molar-refractivity contribution < 1.29 is 0 Å². The van der Waals surface area contributed by atoms with Gasteiger partial charge in [0.05, 0.1) is 11.4 Å². The number of nitrogen functional groups attached to an aromatic ring is 1. The first-order chi connectivity index (χ1) is 9.75. The van der Waals surface area contributed by atoms with Crippen LogP contribution in [-0.4, -0.2) is 16.5 Å². The zero-order valence-corrected chi connectivity index (χ0v) is 10.6. The van der Waals surface area contributed by atoms with Crippen molar-refractivity contribution in [1.29, 1.82) is 5.41 Å². The van der Waals surface area contributed by atoms with Crippen molar-refractivity contribution >= 4 is 28.1 Å². The molecule has 4 heteroatoms. The number of aromatic nitrogens is 1. The van der Waals surface area contributed by atoms with E-state index in [4.69, 9.17) is 11.1 Å². The summed E-state index contributed by atoms with van der Waals surface area (Å²) >= 11 is 0. The average molecular weight is 260 g/mol. The molecule has 4 nitrogen and oxygen atoms in total. The number of fused-ring (bicyclic) bond motifs is 2. The summed E-state index contributed by atoms with van der Waals surface area (Å²) in [6.45, 7) is 0. The Kier molecular flexibility index (Phi) is 2.09. The van der Waals surface area contributed by atoms with E-state index in [1.165, 1.54) is 0 Å². The zero-order chi connectivity index (χ0) is 13.7. The van der Waals surface area contributed by atoms with Crippen LogP contribution in [0.1, 0.15) is 16.8 Å². The Bertz CT molecular complexity index is 886. The summed E-state index contributed by atoms with van der Waals surface area (Å²) in [5.74, 6) is 0.932. The second kappa shape index (κ2) is 3.81. The summed E-state index contributed by atoms with van der Waals surface area (Å²) in [5, 5.41) is 10.0. The quantitative estimate of drug-likeness (QED) is 0.618. The van der Waals surface area contributed by atoms with Crippen LogP contribution in [0.2, 0.25) is 0 Å². The van der Waals surface area contributed by atoms with Gasteiger partial charge in [0.1, 0.15) is 5.82 Å². The van der Waals surface area contributed by atoms with Gasteiger partial charge < -0.3 is 10.7 Å². The van der Waals surface area contributed by atoms with E-state index >= 15 is 0 Å². The fourth-order valence-electron chi connectivity index (χ4n) is 2.71. The molecule has 2 aromatic carbocycles. The maximum absolute atomic E-state index is 7.99. The predicted molar refractivity (Wildman–Crippen MR) is 81.6 cm³/mol. The number of amidine groups is 1. The van der Waals surface area contributed by atoms with Crippen LogP contribution in [0.3, 0.4) is 0 Å². The first kappa shape index (κ1) is 11.0. The Morgan fingerprint density at radius 3 is 2.35 bits per heavy atom. The number of aromatic amines is 1. The number of hydrogen-bond donors (Lipinski definition) is 3. The van der Waals surface area contributed by atoms with E-state index in [2.05, 4.69) is 9.98 Å². The topological polar surface area (TPSA) is 78.0 Å². The summed E-state index contributed by atoms with van der Waals surface area (Å²) in [5.41, 5.74) is 9.54. The van der Waals surface area contributed by atoms with Crippen molar-refractivity contribution in [1.82, 2.24) is 4.98 Å². The van der Waals surface area contributed by atoms with Gasteiger partial charge in [-0.25, -0.2) is 4.99 Å². The summed E-state index contributed by atoms with van der Waals surface area (Å²) in [7, 11) is 0. The third-order valence-corrected chi connectivity index (χ3v) is 3.64. The lowest BCUT2D eigenvalue weighted by Crippen LogP contribution is -2.02. The van der Waals surface area contributed by atoms with Crippen molar-refractivity contribution in [2.45, 2.75) is 0 Å². The Balaban J connectivity index is 2.02. The van der Waals surface area contributed by atoms with Gasteiger partial charge in [-0.3, -0.25) is 5.41 Å². The highest BCUT2D eigenvalue weighted by Gasteiger charge is 2.24. The van der Waals surface area contributed by atoms with E-state index in [9.17, 15) is 0 Å². The number of benzene rings is 2. The number of aliphatic imine (C=N–C) groups is 1. The van der Waals surface area contributed by atoms with Gasteiger partial charge in [-0.15, -0.1) is 0 Å². The molecule has 0 saturated carbocycles. The Morgan fingerprint density at radius 2 is 1.55 bits per heavy atom. The van der Waals surface area contributed by atoms with Crippen molar-refractivity contribution in [3.8, 4) is 0 Å². The molecule has 0 unspecified atom stereocenters. The van der Waals surface area contributed by atoms with Gasteiger partial charge in [0.25, 0.3) is 0 Å². The summed E-state index contributed by atoms with van der Waals surface area (Å²) in [6, 6.07) is 15.7. The number of anilines is 1. The molecule has 1 aliphatic heterocycles. The molecule has 0 amide bonds. The molecule has 3 aromatic rings. The van der Waals surface area contributed by atoms with E-state index < -0.39 is 0 Å². The first-order valence-corrected chi connectivity index (χ1v) is 6.39. The van der Waals surface area contributed by atoms with E-state index in [-0.39, 0.29) is 0 Å². The smallest absolute Gasteiger partial charge is 0.153 e. The van der Waals surface area contributed by atoms with Crippen molar-refractivity contribution in [2.24, 2.45) is 4.99 Å². The molecule has 0 saturated heterocycles. The zero-order valence-electron chi connectivity index (χ0n) is 10.6.